The fraction of sp³-hybridized carbons (Fsp3) is 0.542. The van der Waals surface area contributed by atoms with E-state index in [4.69, 9.17) is 0 Å². The highest BCUT2D eigenvalue weighted by molar-refractivity contribution is 5.92. The van der Waals surface area contributed by atoms with Crippen LogP contribution in [0, 0.1) is 0 Å². The zero-order chi connectivity index (χ0) is 22.7. The summed E-state index contributed by atoms with van der Waals surface area (Å²) in [6.07, 6.45) is 3.64. The molecule has 0 aliphatic carbocycles. The molecule has 166 valence electrons. The molecular formula is C24H36FN3O2. The van der Waals surface area contributed by atoms with E-state index in [-0.39, 0.29) is 12.3 Å². The highest BCUT2D eigenvalue weighted by atomic mass is 19.1. The number of ketones is 1. The summed E-state index contributed by atoms with van der Waals surface area (Å²) in [5.74, 6) is 0.0569. The molecule has 0 N–H and O–H groups in total. The summed E-state index contributed by atoms with van der Waals surface area (Å²) in [5.41, 5.74) is 3.58. The van der Waals surface area contributed by atoms with Gasteiger partial charge in [-0.1, -0.05) is 58.4 Å². The van der Waals surface area contributed by atoms with E-state index in [9.17, 15) is 14.0 Å². The Kier molecular flexibility index (Phi) is 11.0. The Balaban J connectivity index is 0.000000300. The van der Waals surface area contributed by atoms with Gasteiger partial charge in [-0.15, -0.1) is 0 Å². The van der Waals surface area contributed by atoms with E-state index >= 15 is 0 Å². The third kappa shape index (κ3) is 6.78. The van der Waals surface area contributed by atoms with Crippen LogP contribution >= 0.6 is 0 Å². The topological polar surface area (TPSA) is 55.2 Å². The molecule has 1 unspecified atom stereocenters. The smallest absolute Gasteiger partial charge is 0.257 e. The van der Waals surface area contributed by atoms with Crippen LogP contribution in [0.4, 0.5) is 4.39 Å². The number of rotatable bonds is 5. The van der Waals surface area contributed by atoms with Crippen LogP contribution in [0.2, 0.25) is 0 Å². The molecule has 0 spiro atoms. The number of carbonyl (C=O) groups is 2. The second kappa shape index (κ2) is 12.9. The quantitative estimate of drug-likeness (QED) is 0.642. The standard InChI is InChI=1S/C11H14FN3O2.C11H16.C2H6/c1-7(12)11(17)14-3-4-15-9(8(2)16)5-13-10(15)6-14;1-3-7-11-9-6-5-8-10(11)4-2;1-2/h5,7H,3-4,6H2,1-2H3;5-6,8-9H,3-4,7H2,1-2H3;1-2H3. The molecule has 30 heavy (non-hydrogen) atoms. The van der Waals surface area contributed by atoms with Gasteiger partial charge < -0.3 is 9.47 Å². The summed E-state index contributed by atoms with van der Waals surface area (Å²) in [7, 11) is 0. The summed E-state index contributed by atoms with van der Waals surface area (Å²) in [5, 5.41) is 0. The van der Waals surface area contributed by atoms with Crippen molar-refractivity contribution in [2.75, 3.05) is 6.54 Å². The number of amides is 1. The first-order valence-corrected chi connectivity index (χ1v) is 10.9. The van der Waals surface area contributed by atoms with E-state index in [1.165, 1.54) is 48.9 Å². The zero-order valence-corrected chi connectivity index (χ0v) is 19.2. The maximum Gasteiger partial charge on any atom is 0.257 e. The van der Waals surface area contributed by atoms with E-state index in [2.05, 4.69) is 43.1 Å². The maximum absolute atomic E-state index is 12.9. The monoisotopic (exact) mass is 417 g/mol. The molecule has 5 nitrogen and oxygen atoms in total. The first-order valence-electron chi connectivity index (χ1n) is 10.9. The van der Waals surface area contributed by atoms with E-state index in [1.54, 1.807) is 4.57 Å². The molecule has 0 saturated heterocycles. The Labute approximate surface area is 180 Å². The molecular weight excluding hydrogens is 381 g/mol. The van der Waals surface area contributed by atoms with E-state index in [0.717, 1.165) is 6.42 Å². The van der Waals surface area contributed by atoms with Crippen LogP contribution in [-0.4, -0.2) is 38.9 Å². The fourth-order valence-electron chi connectivity index (χ4n) is 3.40. The number of alkyl halides is 1. The molecule has 1 atom stereocenters. The SMILES string of the molecule is CC.CC(=O)c1cnc2n1CCN(C(=O)C(C)F)C2.CCCc1ccccc1CC. The molecule has 1 aliphatic rings. The molecule has 0 fully saturated rings. The molecule has 0 saturated carbocycles. The van der Waals surface area contributed by atoms with Crippen molar-refractivity contribution in [2.24, 2.45) is 0 Å². The second-order valence-electron chi connectivity index (χ2n) is 7.02. The summed E-state index contributed by atoms with van der Waals surface area (Å²) >= 11 is 0. The lowest BCUT2D eigenvalue weighted by Crippen LogP contribution is -2.42. The predicted molar refractivity (Wildman–Crippen MR) is 119 cm³/mol. The van der Waals surface area contributed by atoms with Crippen LogP contribution in [0.15, 0.2) is 30.5 Å². The van der Waals surface area contributed by atoms with Gasteiger partial charge in [0.05, 0.1) is 12.7 Å². The minimum atomic E-state index is -1.50. The van der Waals surface area contributed by atoms with E-state index < -0.39 is 12.1 Å². The van der Waals surface area contributed by atoms with E-state index in [1.807, 2.05) is 13.8 Å². The van der Waals surface area contributed by atoms with Gasteiger partial charge in [0.15, 0.2) is 12.0 Å². The number of aromatic nitrogens is 2. The molecule has 0 radical (unpaired) electrons. The van der Waals surface area contributed by atoms with Gasteiger partial charge in [0.1, 0.15) is 11.5 Å². The van der Waals surface area contributed by atoms with Gasteiger partial charge in [0.25, 0.3) is 5.91 Å². The largest absolute Gasteiger partial charge is 0.331 e. The highest BCUT2D eigenvalue weighted by Gasteiger charge is 2.26. The molecule has 0 bridgehead atoms. The van der Waals surface area contributed by atoms with Crippen molar-refractivity contribution < 1.29 is 14.0 Å². The van der Waals surface area contributed by atoms with Gasteiger partial charge in [0.2, 0.25) is 0 Å². The molecule has 6 heteroatoms. The molecule has 2 heterocycles. The lowest BCUT2D eigenvalue weighted by Gasteiger charge is -2.28. The average molecular weight is 418 g/mol. The Hall–Kier alpha value is -2.50. The number of benzene rings is 1. The minimum absolute atomic E-state index is 0.0533. The number of imidazole rings is 1. The van der Waals surface area contributed by atoms with Gasteiger partial charge in [-0.3, -0.25) is 9.59 Å². The number of fused-ring (bicyclic) bond motifs is 1. The molecule has 1 aliphatic heterocycles. The van der Waals surface area contributed by atoms with Gasteiger partial charge in [-0.25, -0.2) is 9.37 Å². The summed E-state index contributed by atoms with van der Waals surface area (Å²) in [6, 6.07) is 8.72. The van der Waals surface area contributed by atoms with Crippen LogP contribution in [0.5, 0.6) is 0 Å². The summed E-state index contributed by atoms with van der Waals surface area (Å²) in [6.45, 7) is 12.3. The minimum Gasteiger partial charge on any atom is -0.331 e. The summed E-state index contributed by atoms with van der Waals surface area (Å²) in [4.78, 5) is 28.3. The van der Waals surface area contributed by atoms with Crippen molar-refractivity contribution in [3.8, 4) is 0 Å². The number of Topliss-reactive ketones (excluding diaryl/α,β-unsaturated/α-hetero) is 1. The number of nitrogens with zero attached hydrogens (tertiary/aromatic N) is 3. The van der Waals surface area contributed by atoms with Gasteiger partial charge in [0, 0.05) is 20.0 Å². The van der Waals surface area contributed by atoms with Crippen molar-refractivity contribution in [1.29, 1.82) is 0 Å². The van der Waals surface area contributed by atoms with Gasteiger partial charge in [-0.05, 0) is 30.9 Å². The fourth-order valence-corrected chi connectivity index (χ4v) is 3.40. The maximum atomic E-state index is 12.9. The number of carbonyl (C=O) groups excluding carboxylic acids is 2. The Bertz CT molecular complexity index is 815. The van der Waals surface area contributed by atoms with Crippen molar-refractivity contribution in [2.45, 2.75) is 80.1 Å². The Morgan fingerprint density at radius 3 is 2.30 bits per heavy atom. The van der Waals surface area contributed by atoms with Gasteiger partial charge >= 0.3 is 0 Å². The zero-order valence-electron chi connectivity index (χ0n) is 19.2. The highest BCUT2D eigenvalue weighted by Crippen LogP contribution is 2.16. The first kappa shape index (κ1) is 25.5. The number of hydrogen-bond donors (Lipinski definition) is 0. The molecule has 1 amide bonds. The molecule has 3 rings (SSSR count). The number of halogens is 1. The van der Waals surface area contributed by atoms with Crippen LogP contribution < -0.4 is 0 Å². The third-order valence-electron chi connectivity index (χ3n) is 4.90. The molecule has 1 aromatic carbocycles. The summed E-state index contributed by atoms with van der Waals surface area (Å²) < 4.78 is 14.7. The predicted octanol–water partition coefficient (Wildman–Crippen LogP) is 5.01. The van der Waals surface area contributed by atoms with Crippen molar-refractivity contribution in [1.82, 2.24) is 14.5 Å². The van der Waals surface area contributed by atoms with Gasteiger partial charge in [-0.2, -0.15) is 0 Å². The normalized spacial score (nSPS) is 13.2. The Morgan fingerprint density at radius 2 is 1.77 bits per heavy atom. The van der Waals surface area contributed by atoms with Crippen molar-refractivity contribution >= 4 is 11.7 Å². The van der Waals surface area contributed by atoms with Crippen molar-refractivity contribution in [3.05, 3.63) is 53.1 Å². The van der Waals surface area contributed by atoms with Crippen LogP contribution in [-0.2, 0) is 30.7 Å². The van der Waals surface area contributed by atoms with Crippen LogP contribution in [0.3, 0.4) is 0 Å². The lowest BCUT2D eigenvalue weighted by molar-refractivity contribution is -0.137. The Morgan fingerprint density at radius 1 is 1.13 bits per heavy atom. The lowest BCUT2D eigenvalue weighted by atomic mass is 10.0. The van der Waals surface area contributed by atoms with Crippen LogP contribution in [0.1, 0.15) is 75.4 Å². The number of aryl methyl sites for hydroxylation is 2. The first-order chi connectivity index (χ1) is 14.4. The number of hydrogen-bond acceptors (Lipinski definition) is 3. The van der Waals surface area contributed by atoms with Crippen molar-refractivity contribution in [3.63, 3.8) is 0 Å². The third-order valence-corrected chi connectivity index (χ3v) is 4.90. The van der Waals surface area contributed by atoms with E-state index in [0.29, 0.717) is 24.6 Å². The van der Waals surface area contributed by atoms with Crippen LogP contribution in [0.25, 0.3) is 0 Å². The average Bonchev–Trinajstić information content (AvgIpc) is 3.19. The molecule has 1 aromatic heterocycles. The molecule has 2 aromatic rings. The second-order valence-corrected chi connectivity index (χ2v) is 7.02.